The first-order valence-corrected chi connectivity index (χ1v) is 5.90. The normalized spacial score (nSPS) is 9.61. The lowest BCUT2D eigenvalue weighted by Crippen LogP contribution is -2.38. The van der Waals surface area contributed by atoms with Gasteiger partial charge in [0.25, 0.3) is 0 Å². The summed E-state index contributed by atoms with van der Waals surface area (Å²) in [6.45, 7) is 2.68. The van der Waals surface area contributed by atoms with Gasteiger partial charge in [-0.1, -0.05) is 6.07 Å². The zero-order chi connectivity index (χ0) is 13.4. The van der Waals surface area contributed by atoms with Crippen molar-refractivity contribution in [3.8, 4) is 0 Å². The van der Waals surface area contributed by atoms with Gasteiger partial charge in [-0.15, -0.1) is 0 Å². The van der Waals surface area contributed by atoms with Gasteiger partial charge < -0.3 is 21.1 Å². The Morgan fingerprint density at radius 2 is 2.28 bits per heavy atom. The summed E-state index contributed by atoms with van der Waals surface area (Å²) in [5, 5.41) is 6.09. The van der Waals surface area contributed by atoms with Gasteiger partial charge in [0, 0.05) is 12.7 Å². The monoisotopic (exact) mass is 268 g/mol. The summed E-state index contributed by atoms with van der Waals surface area (Å²) in [4.78, 5) is 15.0. The van der Waals surface area contributed by atoms with Crippen molar-refractivity contribution in [3.05, 3.63) is 23.9 Å². The second-order valence-corrected chi connectivity index (χ2v) is 3.84. The van der Waals surface area contributed by atoms with E-state index in [0.717, 1.165) is 5.56 Å². The number of nitrogens with one attached hydrogen (secondary N) is 2. The van der Waals surface area contributed by atoms with Gasteiger partial charge >= 0.3 is 5.97 Å². The Bertz CT molecular complexity index is 408. The number of hydrogen-bond acceptors (Lipinski definition) is 5. The minimum Gasteiger partial charge on any atom is -0.465 e. The van der Waals surface area contributed by atoms with E-state index in [-0.39, 0.29) is 12.5 Å². The molecule has 0 aliphatic rings. The first-order valence-electron chi connectivity index (χ1n) is 5.49. The van der Waals surface area contributed by atoms with Crippen LogP contribution in [0.2, 0.25) is 0 Å². The molecule has 0 saturated heterocycles. The molecule has 0 bridgehead atoms. The van der Waals surface area contributed by atoms with Gasteiger partial charge in [-0.3, -0.25) is 4.79 Å². The number of rotatable bonds is 5. The number of esters is 1. The van der Waals surface area contributed by atoms with Gasteiger partial charge in [0.2, 0.25) is 0 Å². The van der Waals surface area contributed by atoms with Crippen molar-refractivity contribution in [2.45, 2.75) is 13.5 Å². The summed E-state index contributed by atoms with van der Waals surface area (Å²) in [5.74, 6) is 0.137. The molecule has 98 valence electrons. The fourth-order valence-electron chi connectivity index (χ4n) is 1.15. The molecular weight excluding hydrogens is 252 g/mol. The number of pyridine rings is 1. The molecule has 0 amide bonds. The number of carbonyl (C=O) groups excluding carboxylic acids is 1. The van der Waals surface area contributed by atoms with Gasteiger partial charge in [0.1, 0.15) is 12.4 Å². The Labute approximate surface area is 111 Å². The molecule has 0 saturated carbocycles. The van der Waals surface area contributed by atoms with Crippen molar-refractivity contribution < 1.29 is 9.53 Å². The van der Waals surface area contributed by atoms with Crippen LogP contribution in [-0.2, 0) is 16.1 Å². The minimum absolute atomic E-state index is 0.0552. The van der Waals surface area contributed by atoms with Gasteiger partial charge in [0.05, 0.1) is 6.61 Å². The highest BCUT2D eigenvalue weighted by Gasteiger charge is 2.02. The molecule has 0 radical (unpaired) electrons. The highest BCUT2D eigenvalue weighted by Crippen LogP contribution is 2.00. The topological polar surface area (TPSA) is 89.3 Å². The number of nitrogens with two attached hydrogens (primary N) is 1. The molecule has 1 heterocycles. The first kappa shape index (κ1) is 14.2. The van der Waals surface area contributed by atoms with Crippen LogP contribution in [0.4, 0.5) is 5.82 Å². The molecule has 1 aromatic rings. The molecule has 6 nitrogen and oxygen atoms in total. The first-order chi connectivity index (χ1) is 8.61. The van der Waals surface area contributed by atoms with Crippen molar-refractivity contribution >= 4 is 29.1 Å². The number of carbonyl (C=O) groups is 1. The molecule has 4 N–H and O–H groups in total. The number of aromatic nitrogens is 1. The molecule has 0 aromatic carbocycles. The average molecular weight is 268 g/mol. The highest BCUT2D eigenvalue weighted by atomic mass is 32.1. The van der Waals surface area contributed by atoms with Crippen molar-refractivity contribution in [1.82, 2.24) is 15.6 Å². The SMILES string of the molecule is CCOC(=O)CNC(=S)NCc1ccc(N)nc1. The average Bonchev–Trinajstić information content (AvgIpc) is 2.36. The summed E-state index contributed by atoms with van der Waals surface area (Å²) >= 11 is 5.01. The van der Waals surface area contributed by atoms with Crippen LogP contribution in [0.3, 0.4) is 0 Å². The molecule has 7 heteroatoms. The predicted octanol–water partition coefficient (Wildman–Crippen LogP) is 0.191. The van der Waals surface area contributed by atoms with E-state index in [1.807, 2.05) is 6.07 Å². The smallest absolute Gasteiger partial charge is 0.325 e. The summed E-state index contributed by atoms with van der Waals surface area (Å²) in [7, 11) is 0. The third-order valence-electron chi connectivity index (χ3n) is 2.00. The van der Waals surface area contributed by atoms with E-state index in [4.69, 9.17) is 22.7 Å². The molecule has 0 spiro atoms. The number of thiocarbonyl (C=S) groups is 1. The molecule has 1 rings (SSSR count). The van der Waals surface area contributed by atoms with Crippen LogP contribution < -0.4 is 16.4 Å². The highest BCUT2D eigenvalue weighted by molar-refractivity contribution is 7.80. The zero-order valence-corrected chi connectivity index (χ0v) is 10.9. The predicted molar refractivity (Wildman–Crippen MR) is 72.7 cm³/mol. The van der Waals surface area contributed by atoms with Crippen LogP contribution in [0.25, 0.3) is 0 Å². The maximum atomic E-state index is 11.1. The van der Waals surface area contributed by atoms with E-state index in [2.05, 4.69) is 15.6 Å². The number of anilines is 1. The van der Waals surface area contributed by atoms with Crippen molar-refractivity contribution in [2.24, 2.45) is 0 Å². The Hall–Kier alpha value is -1.89. The fourth-order valence-corrected chi connectivity index (χ4v) is 1.29. The Morgan fingerprint density at radius 1 is 1.50 bits per heavy atom. The van der Waals surface area contributed by atoms with Crippen molar-refractivity contribution in [1.29, 1.82) is 0 Å². The molecular formula is C11H16N4O2S. The fraction of sp³-hybridized carbons (Fsp3) is 0.364. The van der Waals surface area contributed by atoms with E-state index in [1.54, 1.807) is 19.2 Å². The molecule has 1 aromatic heterocycles. The lowest BCUT2D eigenvalue weighted by Gasteiger charge is -2.09. The Kier molecular flexibility index (Phi) is 5.86. The summed E-state index contributed by atoms with van der Waals surface area (Å²) in [6, 6.07) is 3.56. The van der Waals surface area contributed by atoms with Gasteiger partial charge in [-0.25, -0.2) is 4.98 Å². The molecule has 0 unspecified atom stereocenters. The number of ether oxygens (including phenoxy) is 1. The lowest BCUT2D eigenvalue weighted by atomic mass is 10.3. The number of nitrogen functional groups attached to an aromatic ring is 1. The number of nitrogens with zero attached hydrogens (tertiary/aromatic N) is 1. The third-order valence-corrected chi connectivity index (χ3v) is 2.29. The van der Waals surface area contributed by atoms with Gasteiger partial charge in [0.15, 0.2) is 5.11 Å². The van der Waals surface area contributed by atoms with E-state index >= 15 is 0 Å². The Morgan fingerprint density at radius 3 is 2.89 bits per heavy atom. The molecule has 0 atom stereocenters. The van der Waals surface area contributed by atoms with Crippen LogP contribution in [0.15, 0.2) is 18.3 Å². The van der Waals surface area contributed by atoms with Gasteiger partial charge in [-0.05, 0) is 30.8 Å². The maximum absolute atomic E-state index is 11.1. The van der Waals surface area contributed by atoms with E-state index in [1.165, 1.54) is 0 Å². The largest absolute Gasteiger partial charge is 0.465 e. The van der Waals surface area contributed by atoms with E-state index in [9.17, 15) is 4.79 Å². The molecule has 0 aliphatic heterocycles. The second-order valence-electron chi connectivity index (χ2n) is 3.43. The maximum Gasteiger partial charge on any atom is 0.325 e. The summed E-state index contributed by atoms with van der Waals surface area (Å²) in [5.41, 5.74) is 6.42. The standard InChI is InChI=1S/C11H16N4O2S/c1-2-17-10(16)7-15-11(18)14-6-8-3-4-9(12)13-5-8/h3-5H,2,6-7H2,1H3,(H2,12,13)(H2,14,15,18). The van der Waals surface area contributed by atoms with Crippen LogP contribution in [-0.4, -0.2) is 29.2 Å². The van der Waals surface area contributed by atoms with Crippen molar-refractivity contribution in [2.75, 3.05) is 18.9 Å². The molecule has 0 aliphatic carbocycles. The number of hydrogen-bond donors (Lipinski definition) is 3. The van der Waals surface area contributed by atoms with E-state index in [0.29, 0.717) is 24.1 Å². The van der Waals surface area contributed by atoms with Crippen LogP contribution in [0.1, 0.15) is 12.5 Å². The second kappa shape index (κ2) is 7.44. The molecule has 0 fully saturated rings. The van der Waals surface area contributed by atoms with Crippen LogP contribution >= 0.6 is 12.2 Å². The summed E-state index contributed by atoms with van der Waals surface area (Å²) in [6.07, 6.45) is 1.66. The van der Waals surface area contributed by atoms with Crippen molar-refractivity contribution in [3.63, 3.8) is 0 Å². The zero-order valence-electron chi connectivity index (χ0n) is 10.1. The van der Waals surface area contributed by atoms with Crippen LogP contribution in [0.5, 0.6) is 0 Å². The third kappa shape index (κ3) is 5.44. The molecule has 18 heavy (non-hydrogen) atoms. The summed E-state index contributed by atoms with van der Waals surface area (Å²) < 4.78 is 4.76. The van der Waals surface area contributed by atoms with Crippen LogP contribution in [0, 0.1) is 0 Å². The van der Waals surface area contributed by atoms with E-state index < -0.39 is 0 Å². The Balaban J connectivity index is 2.24. The quantitative estimate of drug-likeness (QED) is 0.519. The van der Waals surface area contributed by atoms with Gasteiger partial charge in [-0.2, -0.15) is 0 Å². The minimum atomic E-state index is -0.337. The lowest BCUT2D eigenvalue weighted by molar-refractivity contribution is -0.141.